The second-order valence-electron chi connectivity index (χ2n) is 4.53. The number of nitrogens with one attached hydrogen (secondary N) is 1. The number of phenolic OH excluding ortho intramolecular Hbond substituents is 1. The highest BCUT2D eigenvalue weighted by atomic mass is 79.9. The molecule has 0 heterocycles. The predicted molar refractivity (Wildman–Crippen MR) is 76.9 cm³/mol. The van der Waals surface area contributed by atoms with E-state index in [0.717, 1.165) is 31.4 Å². The first kappa shape index (κ1) is 14.3. The number of halogens is 1. The highest BCUT2D eigenvalue weighted by Crippen LogP contribution is 2.32. The Morgan fingerprint density at radius 3 is 2.94 bits per heavy atom. The monoisotopic (exact) mass is 300 g/mol. The van der Waals surface area contributed by atoms with E-state index in [4.69, 9.17) is 5.73 Å². The normalized spacial score (nSPS) is 18.3. The molecule has 1 aliphatic carbocycles. The van der Waals surface area contributed by atoms with Gasteiger partial charge in [0.2, 0.25) is 0 Å². The number of nitrogen functional groups attached to an aromatic ring is 1. The lowest BCUT2D eigenvalue weighted by Gasteiger charge is -2.26. The fourth-order valence-corrected chi connectivity index (χ4v) is 2.39. The van der Waals surface area contributed by atoms with Crippen molar-refractivity contribution in [1.29, 1.82) is 0 Å². The highest BCUT2D eigenvalue weighted by Gasteiger charge is 2.20. The zero-order valence-electron chi connectivity index (χ0n) is 10.2. The maximum absolute atomic E-state index is 9.54. The average molecular weight is 301 g/mol. The Labute approximate surface area is 113 Å². The van der Waals surface area contributed by atoms with Gasteiger partial charge in [-0.2, -0.15) is 0 Å². The molecule has 2 rings (SSSR count). The molecular weight excluding hydrogens is 280 g/mol. The summed E-state index contributed by atoms with van der Waals surface area (Å²) in [5.41, 5.74) is 8.89. The number of benzene rings is 1. The van der Waals surface area contributed by atoms with Crippen LogP contribution in [0.1, 0.15) is 30.9 Å². The van der Waals surface area contributed by atoms with Crippen LogP contribution >= 0.6 is 17.0 Å². The standard InChI is InChI=1S/C13H20N2O.BrH/c1-2-7-15-10-4-5-11-9(8-10)3-6-12(16)13(11)14;/h3,6,10,15-16H,2,4-5,7-8,14H2,1H3;1H. The van der Waals surface area contributed by atoms with E-state index >= 15 is 0 Å². The Bertz CT molecular complexity index is 382. The molecule has 96 valence electrons. The molecule has 0 saturated carbocycles. The molecule has 0 spiro atoms. The van der Waals surface area contributed by atoms with Gasteiger partial charge in [0.25, 0.3) is 0 Å². The molecule has 0 saturated heterocycles. The Morgan fingerprint density at radius 1 is 1.47 bits per heavy atom. The van der Waals surface area contributed by atoms with Gasteiger partial charge in [0, 0.05) is 6.04 Å². The van der Waals surface area contributed by atoms with Crippen molar-refractivity contribution in [1.82, 2.24) is 5.32 Å². The summed E-state index contributed by atoms with van der Waals surface area (Å²) in [7, 11) is 0. The number of rotatable bonds is 3. The molecule has 4 N–H and O–H groups in total. The lowest BCUT2D eigenvalue weighted by molar-refractivity contribution is 0.453. The summed E-state index contributed by atoms with van der Waals surface area (Å²) >= 11 is 0. The lowest BCUT2D eigenvalue weighted by Crippen LogP contribution is -2.35. The van der Waals surface area contributed by atoms with E-state index in [1.807, 2.05) is 6.07 Å². The minimum atomic E-state index is 0. The van der Waals surface area contributed by atoms with E-state index in [1.165, 1.54) is 12.0 Å². The second kappa shape index (κ2) is 6.26. The van der Waals surface area contributed by atoms with Crippen molar-refractivity contribution in [2.75, 3.05) is 12.3 Å². The van der Waals surface area contributed by atoms with E-state index in [1.54, 1.807) is 6.07 Å². The fourth-order valence-electron chi connectivity index (χ4n) is 2.39. The van der Waals surface area contributed by atoms with Crippen molar-refractivity contribution in [3.63, 3.8) is 0 Å². The van der Waals surface area contributed by atoms with Crippen molar-refractivity contribution >= 4 is 22.7 Å². The van der Waals surface area contributed by atoms with E-state index < -0.39 is 0 Å². The van der Waals surface area contributed by atoms with Crippen molar-refractivity contribution in [2.45, 2.75) is 38.6 Å². The number of nitrogens with two attached hydrogens (primary N) is 1. The van der Waals surface area contributed by atoms with Gasteiger partial charge in [0.15, 0.2) is 0 Å². The predicted octanol–water partition coefficient (Wildman–Crippen LogP) is 2.41. The van der Waals surface area contributed by atoms with Gasteiger partial charge >= 0.3 is 0 Å². The van der Waals surface area contributed by atoms with Crippen molar-refractivity contribution in [3.8, 4) is 5.75 Å². The molecule has 1 aromatic carbocycles. The largest absolute Gasteiger partial charge is 0.506 e. The molecule has 1 unspecified atom stereocenters. The Balaban J connectivity index is 0.00000144. The fraction of sp³-hybridized carbons (Fsp3) is 0.538. The summed E-state index contributed by atoms with van der Waals surface area (Å²) in [6.07, 6.45) is 4.28. The average Bonchev–Trinajstić information content (AvgIpc) is 2.31. The number of aromatic hydroxyl groups is 1. The number of anilines is 1. The molecule has 0 radical (unpaired) electrons. The van der Waals surface area contributed by atoms with Crippen LogP contribution < -0.4 is 11.1 Å². The van der Waals surface area contributed by atoms with Crippen LogP contribution in [0.4, 0.5) is 5.69 Å². The third kappa shape index (κ3) is 3.13. The molecule has 3 nitrogen and oxygen atoms in total. The summed E-state index contributed by atoms with van der Waals surface area (Å²) in [5.74, 6) is 0.221. The van der Waals surface area contributed by atoms with Crippen molar-refractivity contribution in [2.24, 2.45) is 0 Å². The molecule has 4 heteroatoms. The molecule has 0 amide bonds. The maximum atomic E-state index is 9.54. The van der Waals surface area contributed by atoms with Crippen LogP contribution in [0.2, 0.25) is 0 Å². The number of hydrogen-bond acceptors (Lipinski definition) is 3. The molecule has 0 aliphatic heterocycles. The second-order valence-corrected chi connectivity index (χ2v) is 4.53. The minimum absolute atomic E-state index is 0. The third-order valence-corrected chi connectivity index (χ3v) is 3.32. The molecule has 17 heavy (non-hydrogen) atoms. The molecule has 1 aliphatic rings. The number of fused-ring (bicyclic) bond motifs is 1. The van der Waals surface area contributed by atoms with Gasteiger partial charge in [-0.25, -0.2) is 0 Å². The van der Waals surface area contributed by atoms with E-state index in [2.05, 4.69) is 12.2 Å². The van der Waals surface area contributed by atoms with Gasteiger partial charge in [-0.1, -0.05) is 13.0 Å². The van der Waals surface area contributed by atoms with Crippen molar-refractivity contribution in [3.05, 3.63) is 23.3 Å². The number of hydrogen-bond donors (Lipinski definition) is 3. The first-order chi connectivity index (χ1) is 7.72. The van der Waals surface area contributed by atoms with Crippen LogP contribution in [-0.4, -0.2) is 17.7 Å². The third-order valence-electron chi connectivity index (χ3n) is 3.32. The maximum Gasteiger partial charge on any atom is 0.138 e. The lowest BCUT2D eigenvalue weighted by atomic mass is 9.87. The molecule has 1 atom stereocenters. The highest BCUT2D eigenvalue weighted by molar-refractivity contribution is 8.93. The van der Waals surface area contributed by atoms with Gasteiger partial charge < -0.3 is 16.2 Å². The van der Waals surface area contributed by atoms with Gasteiger partial charge in [0.1, 0.15) is 5.75 Å². The Hall–Kier alpha value is -0.740. The van der Waals surface area contributed by atoms with E-state index in [9.17, 15) is 5.11 Å². The Morgan fingerprint density at radius 2 is 2.24 bits per heavy atom. The van der Waals surface area contributed by atoms with E-state index in [-0.39, 0.29) is 22.7 Å². The minimum Gasteiger partial charge on any atom is -0.506 e. The zero-order valence-corrected chi connectivity index (χ0v) is 11.9. The molecule has 0 aromatic heterocycles. The van der Waals surface area contributed by atoms with Crippen LogP contribution in [0, 0.1) is 0 Å². The smallest absolute Gasteiger partial charge is 0.138 e. The molecule has 1 aromatic rings. The van der Waals surface area contributed by atoms with Crippen LogP contribution in [0.25, 0.3) is 0 Å². The van der Waals surface area contributed by atoms with Gasteiger partial charge in [-0.3, -0.25) is 0 Å². The molecule has 0 bridgehead atoms. The van der Waals surface area contributed by atoms with Crippen LogP contribution in [-0.2, 0) is 12.8 Å². The summed E-state index contributed by atoms with van der Waals surface area (Å²) in [6.45, 7) is 3.26. The van der Waals surface area contributed by atoms with Crippen molar-refractivity contribution < 1.29 is 5.11 Å². The molecular formula is C13H21BrN2O. The first-order valence-corrected chi connectivity index (χ1v) is 6.05. The van der Waals surface area contributed by atoms with Gasteiger partial charge in [-0.05, 0) is 49.4 Å². The number of phenols is 1. The summed E-state index contributed by atoms with van der Waals surface area (Å²) in [5, 5.41) is 13.1. The van der Waals surface area contributed by atoms with Crippen LogP contribution in [0.5, 0.6) is 5.75 Å². The summed E-state index contributed by atoms with van der Waals surface area (Å²) < 4.78 is 0. The van der Waals surface area contributed by atoms with Crippen LogP contribution in [0.3, 0.4) is 0 Å². The summed E-state index contributed by atoms with van der Waals surface area (Å²) in [4.78, 5) is 0. The molecule has 0 fully saturated rings. The SMILES string of the molecule is Br.CCCNC1CCc2c(ccc(O)c2N)C1. The van der Waals surface area contributed by atoms with Gasteiger partial charge in [-0.15, -0.1) is 17.0 Å². The van der Waals surface area contributed by atoms with E-state index in [0.29, 0.717) is 11.7 Å². The quantitative estimate of drug-likeness (QED) is 0.593. The topological polar surface area (TPSA) is 58.3 Å². The summed E-state index contributed by atoms with van der Waals surface area (Å²) in [6, 6.07) is 4.27. The Kier molecular flexibility index (Phi) is 5.28. The first-order valence-electron chi connectivity index (χ1n) is 6.05. The van der Waals surface area contributed by atoms with Gasteiger partial charge in [0.05, 0.1) is 5.69 Å². The van der Waals surface area contributed by atoms with Crippen LogP contribution in [0.15, 0.2) is 12.1 Å². The zero-order chi connectivity index (χ0) is 11.5.